The first kappa shape index (κ1) is 14.0. The summed E-state index contributed by atoms with van der Waals surface area (Å²) in [6.07, 6.45) is 9.25. The van der Waals surface area contributed by atoms with Crippen molar-refractivity contribution in [1.29, 1.82) is 0 Å². The summed E-state index contributed by atoms with van der Waals surface area (Å²) in [6, 6.07) is 0.720. The topological polar surface area (TPSA) is 21.3 Å². The highest BCUT2D eigenvalue weighted by atomic mass is 16.5. The van der Waals surface area contributed by atoms with E-state index in [1.807, 2.05) is 0 Å². The highest BCUT2D eigenvalue weighted by Gasteiger charge is 2.13. The monoisotopic (exact) mass is 227 g/mol. The normalized spacial score (nSPS) is 19.9. The van der Waals surface area contributed by atoms with E-state index in [1.54, 1.807) is 0 Å². The molecular weight excluding hydrogens is 198 g/mol. The van der Waals surface area contributed by atoms with Gasteiger partial charge in [-0.1, -0.05) is 39.5 Å². The van der Waals surface area contributed by atoms with Gasteiger partial charge in [0.05, 0.1) is 0 Å². The minimum atomic E-state index is 0.720. The lowest BCUT2D eigenvalue weighted by Crippen LogP contribution is -2.35. The van der Waals surface area contributed by atoms with Gasteiger partial charge in [0.2, 0.25) is 0 Å². The van der Waals surface area contributed by atoms with Crippen molar-refractivity contribution in [2.24, 2.45) is 5.92 Å². The first-order valence-corrected chi connectivity index (χ1v) is 7.18. The van der Waals surface area contributed by atoms with Crippen LogP contribution in [0, 0.1) is 5.92 Å². The Kier molecular flexibility index (Phi) is 7.87. The minimum Gasteiger partial charge on any atom is -0.381 e. The Balaban J connectivity index is 2.02. The average Bonchev–Trinajstić information content (AvgIpc) is 2.35. The molecule has 1 saturated heterocycles. The predicted octanol–water partition coefficient (Wildman–Crippen LogP) is 3.36. The molecule has 0 saturated carbocycles. The molecule has 2 heteroatoms. The van der Waals surface area contributed by atoms with Crippen LogP contribution in [0.1, 0.15) is 58.8 Å². The summed E-state index contributed by atoms with van der Waals surface area (Å²) in [5.41, 5.74) is 0. The SMILES string of the molecule is CCCCC(CC)CCNC1CCOCC1. The third-order valence-corrected chi connectivity index (χ3v) is 3.75. The van der Waals surface area contributed by atoms with E-state index in [2.05, 4.69) is 19.2 Å². The second-order valence-corrected chi connectivity index (χ2v) is 5.05. The maximum Gasteiger partial charge on any atom is 0.0480 e. The fourth-order valence-corrected chi connectivity index (χ4v) is 2.44. The van der Waals surface area contributed by atoms with Gasteiger partial charge in [-0.2, -0.15) is 0 Å². The van der Waals surface area contributed by atoms with E-state index in [0.717, 1.165) is 25.2 Å². The molecule has 0 aromatic heterocycles. The van der Waals surface area contributed by atoms with Gasteiger partial charge in [0.15, 0.2) is 0 Å². The molecule has 96 valence electrons. The largest absolute Gasteiger partial charge is 0.381 e. The standard InChI is InChI=1S/C14H29NO/c1-3-5-6-13(4-2)7-10-15-14-8-11-16-12-9-14/h13-15H,3-12H2,1-2H3. The zero-order valence-electron chi connectivity index (χ0n) is 11.1. The summed E-state index contributed by atoms with van der Waals surface area (Å²) in [6.45, 7) is 7.71. The molecule has 1 N–H and O–H groups in total. The van der Waals surface area contributed by atoms with Gasteiger partial charge in [-0.15, -0.1) is 0 Å². The lowest BCUT2D eigenvalue weighted by Gasteiger charge is -2.24. The summed E-state index contributed by atoms with van der Waals surface area (Å²) in [7, 11) is 0. The third kappa shape index (κ3) is 5.86. The Hall–Kier alpha value is -0.0800. The Labute approximate surface area is 101 Å². The lowest BCUT2D eigenvalue weighted by molar-refractivity contribution is 0.0776. The van der Waals surface area contributed by atoms with E-state index >= 15 is 0 Å². The molecule has 1 aliphatic rings. The van der Waals surface area contributed by atoms with Crippen molar-refractivity contribution in [2.45, 2.75) is 64.8 Å². The van der Waals surface area contributed by atoms with E-state index in [9.17, 15) is 0 Å². The van der Waals surface area contributed by atoms with Gasteiger partial charge in [0.1, 0.15) is 0 Å². The van der Waals surface area contributed by atoms with Crippen LogP contribution in [0.5, 0.6) is 0 Å². The Morgan fingerprint density at radius 2 is 1.94 bits per heavy atom. The van der Waals surface area contributed by atoms with Crippen LogP contribution in [0.4, 0.5) is 0 Å². The van der Waals surface area contributed by atoms with Gasteiger partial charge in [0.25, 0.3) is 0 Å². The van der Waals surface area contributed by atoms with Gasteiger partial charge in [0, 0.05) is 19.3 Å². The van der Waals surface area contributed by atoms with Crippen molar-refractivity contribution in [3.8, 4) is 0 Å². The first-order valence-electron chi connectivity index (χ1n) is 7.18. The van der Waals surface area contributed by atoms with Crippen LogP contribution in [-0.2, 0) is 4.74 Å². The van der Waals surface area contributed by atoms with E-state index in [4.69, 9.17) is 4.74 Å². The van der Waals surface area contributed by atoms with Crippen molar-refractivity contribution < 1.29 is 4.74 Å². The quantitative estimate of drug-likeness (QED) is 0.686. The van der Waals surface area contributed by atoms with E-state index in [0.29, 0.717) is 0 Å². The number of unbranched alkanes of at least 4 members (excludes halogenated alkanes) is 1. The second-order valence-electron chi connectivity index (χ2n) is 5.05. The molecule has 1 fully saturated rings. The molecule has 1 heterocycles. The maximum absolute atomic E-state index is 5.36. The molecule has 0 amide bonds. The lowest BCUT2D eigenvalue weighted by atomic mass is 9.95. The minimum absolute atomic E-state index is 0.720. The summed E-state index contributed by atoms with van der Waals surface area (Å²) in [5.74, 6) is 0.937. The van der Waals surface area contributed by atoms with Crippen LogP contribution in [0.15, 0.2) is 0 Å². The average molecular weight is 227 g/mol. The van der Waals surface area contributed by atoms with E-state index in [-0.39, 0.29) is 0 Å². The second kappa shape index (κ2) is 9.00. The number of hydrogen-bond donors (Lipinski definition) is 1. The van der Waals surface area contributed by atoms with Crippen molar-refractivity contribution in [3.05, 3.63) is 0 Å². The number of hydrogen-bond acceptors (Lipinski definition) is 2. The van der Waals surface area contributed by atoms with Crippen LogP contribution in [0.25, 0.3) is 0 Å². The maximum atomic E-state index is 5.36. The summed E-state index contributed by atoms with van der Waals surface area (Å²) in [5, 5.41) is 3.68. The molecule has 0 spiro atoms. The fraction of sp³-hybridized carbons (Fsp3) is 1.00. The van der Waals surface area contributed by atoms with Crippen LogP contribution in [-0.4, -0.2) is 25.8 Å². The molecule has 1 rings (SSSR count). The molecule has 16 heavy (non-hydrogen) atoms. The molecule has 0 aromatic carbocycles. The smallest absolute Gasteiger partial charge is 0.0480 e. The highest BCUT2D eigenvalue weighted by Crippen LogP contribution is 2.16. The van der Waals surface area contributed by atoms with Gasteiger partial charge in [-0.25, -0.2) is 0 Å². The predicted molar refractivity (Wildman–Crippen MR) is 69.8 cm³/mol. The zero-order valence-corrected chi connectivity index (χ0v) is 11.1. The number of rotatable bonds is 8. The van der Waals surface area contributed by atoms with E-state index < -0.39 is 0 Å². The molecule has 0 bridgehead atoms. The summed E-state index contributed by atoms with van der Waals surface area (Å²) in [4.78, 5) is 0. The van der Waals surface area contributed by atoms with Gasteiger partial charge >= 0.3 is 0 Å². The molecule has 1 atom stereocenters. The third-order valence-electron chi connectivity index (χ3n) is 3.75. The highest BCUT2D eigenvalue weighted by molar-refractivity contribution is 4.70. The van der Waals surface area contributed by atoms with Gasteiger partial charge < -0.3 is 10.1 Å². The molecule has 0 aliphatic carbocycles. The molecular formula is C14H29NO. The zero-order chi connectivity index (χ0) is 11.6. The van der Waals surface area contributed by atoms with Gasteiger partial charge in [-0.3, -0.25) is 0 Å². The molecule has 1 unspecified atom stereocenters. The van der Waals surface area contributed by atoms with E-state index in [1.165, 1.54) is 51.5 Å². The van der Waals surface area contributed by atoms with Crippen molar-refractivity contribution >= 4 is 0 Å². The molecule has 0 aromatic rings. The van der Waals surface area contributed by atoms with Crippen LogP contribution in [0.2, 0.25) is 0 Å². The fourth-order valence-electron chi connectivity index (χ4n) is 2.44. The molecule has 2 nitrogen and oxygen atoms in total. The Morgan fingerprint density at radius 1 is 1.19 bits per heavy atom. The van der Waals surface area contributed by atoms with Crippen LogP contribution >= 0.6 is 0 Å². The van der Waals surface area contributed by atoms with Gasteiger partial charge in [-0.05, 0) is 31.7 Å². The van der Waals surface area contributed by atoms with Crippen molar-refractivity contribution in [3.63, 3.8) is 0 Å². The van der Waals surface area contributed by atoms with Crippen LogP contribution in [0.3, 0.4) is 0 Å². The molecule has 0 radical (unpaired) electrons. The Morgan fingerprint density at radius 3 is 2.56 bits per heavy atom. The summed E-state index contributed by atoms with van der Waals surface area (Å²) < 4.78 is 5.36. The molecule has 1 aliphatic heterocycles. The number of ether oxygens (including phenoxy) is 1. The first-order chi connectivity index (χ1) is 7.86. The van der Waals surface area contributed by atoms with Crippen molar-refractivity contribution in [2.75, 3.05) is 19.8 Å². The van der Waals surface area contributed by atoms with Crippen LogP contribution < -0.4 is 5.32 Å². The summed E-state index contributed by atoms with van der Waals surface area (Å²) >= 11 is 0. The Bertz CT molecular complexity index is 155. The number of nitrogens with one attached hydrogen (secondary N) is 1. The van der Waals surface area contributed by atoms with Crippen molar-refractivity contribution in [1.82, 2.24) is 5.32 Å².